The number of amides is 2. The van der Waals surface area contributed by atoms with E-state index in [0.29, 0.717) is 42.5 Å². The van der Waals surface area contributed by atoms with E-state index < -0.39 is 10.8 Å². The van der Waals surface area contributed by atoms with Crippen molar-refractivity contribution in [2.45, 2.75) is 6.92 Å². The molecule has 3 aromatic rings. The first-order valence-corrected chi connectivity index (χ1v) is 13.0. The highest BCUT2D eigenvalue weighted by molar-refractivity contribution is 7.80. The number of hydrogen-bond donors (Lipinski definition) is 2. The Hall–Kier alpha value is -4.22. The molecular weight excluding hydrogens is 542 g/mol. The van der Waals surface area contributed by atoms with Gasteiger partial charge in [0.05, 0.1) is 11.5 Å². The molecule has 0 spiro atoms. The van der Waals surface area contributed by atoms with Gasteiger partial charge in [0.1, 0.15) is 0 Å². The minimum Gasteiger partial charge on any atom is -0.487 e. The van der Waals surface area contributed by atoms with E-state index in [1.807, 2.05) is 29.2 Å². The van der Waals surface area contributed by atoms with E-state index in [4.69, 9.17) is 28.6 Å². The Bertz CT molecular complexity index is 1380. The smallest absolute Gasteiger partial charge is 0.311 e. The summed E-state index contributed by atoms with van der Waals surface area (Å²) in [4.78, 5) is 40.1. The van der Waals surface area contributed by atoms with Gasteiger partial charge >= 0.3 is 5.69 Å². The highest BCUT2D eigenvalue weighted by Crippen LogP contribution is 2.28. The number of nitro benzene ring substituents is 1. The molecule has 1 aliphatic rings. The zero-order chi connectivity index (χ0) is 27.9. The third-order valence-electron chi connectivity index (χ3n) is 6.09. The van der Waals surface area contributed by atoms with Crippen LogP contribution in [0.25, 0.3) is 0 Å². The van der Waals surface area contributed by atoms with Gasteiger partial charge < -0.3 is 19.9 Å². The molecule has 3 aromatic carbocycles. The predicted molar refractivity (Wildman–Crippen MR) is 154 cm³/mol. The maximum absolute atomic E-state index is 12.7. The van der Waals surface area contributed by atoms with Crippen LogP contribution in [0, 0.1) is 10.1 Å². The molecule has 0 aromatic heterocycles. The molecule has 202 valence electrons. The molecule has 39 heavy (non-hydrogen) atoms. The first-order chi connectivity index (χ1) is 18.7. The van der Waals surface area contributed by atoms with Crippen LogP contribution in [-0.2, 0) is 0 Å². The predicted octanol–water partition coefficient (Wildman–Crippen LogP) is 4.74. The summed E-state index contributed by atoms with van der Waals surface area (Å²) in [6.07, 6.45) is 0. The van der Waals surface area contributed by atoms with Crippen LogP contribution in [0.15, 0.2) is 66.7 Å². The number of nitro groups is 1. The zero-order valence-electron chi connectivity index (χ0n) is 21.1. The van der Waals surface area contributed by atoms with Crippen LogP contribution in [0.4, 0.5) is 17.1 Å². The molecule has 1 heterocycles. The van der Waals surface area contributed by atoms with Gasteiger partial charge in [-0.15, -0.1) is 0 Å². The van der Waals surface area contributed by atoms with Gasteiger partial charge in [-0.2, -0.15) is 0 Å². The van der Waals surface area contributed by atoms with Crippen molar-refractivity contribution in [2.75, 3.05) is 43.0 Å². The SMILES string of the molecule is CCOc1ccc(C(=O)NC(=S)Nc2ccc(N3CCN(C(=O)c4ccc(Cl)cc4)CC3)cc2)cc1[N+](=O)[O-]. The molecule has 1 saturated heterocycles. The van der Waals surface area contributed by atoms with Crippen LogP contribution in [0.1, 0.15) is 27.6 Å². The number of anilines is 2. The Morgan fingerprint density at radius 2 is 1.64 bits per heavy atom. The van der Waals surface area contributed by atoms with Gasteiger partial charge in [0, 0.05) is 59.8 Å². The maximum atomic E-state index is 12.7. The van der Waals surface area contributed by atoms with Crippen LogP contribution in [0.5, 0.6) is 5.75 Å². The molecule has 2 amide bonds. The molecule has 12 heteroatoms. The van der Waals surface area contributed by atoms with Crippen molar-refractivity contribution in [2.24, 2.45) is 0 Å². The second-order valence-electron chi connectivity index (χ2n) is 8.61. The van der Waals surface area contributed by atoms with Crippen molar-refractivity contribution in [3.63, 3.8) is 0 Å². The molecule has 0 saturated carbocycles. The number of carbonyl (C=O) groups excluding carboxylic acids is 2. The summed E-state index contributed by atoms with van der Waals surface area (Å²) < 4.78 is 5.25. The molecule has 2 N–H and O–H groups in total. The molecule has 0 aliphatic carbocycles. The first kappa shape index (κ1) is 27.8. The maximum Gasteiger partial charge on any atom is 0.311 e. The van der Waals surface area contributed by atoms with Crippen molar-refractivity contribution in [1.82, 2.24) is 10.2 Å². The Morgan fingerprint density at radius 1 is 1.00 bits per heavy atom. The average Bonchev–Trinajstić information content (AvgIpc) is 2.94. The second kappa shape index (κ2) is 12.5. The highest BCUT2D eigenvalue weighted by Gasteiger charge is 2.23. The van der Waals surface area contributed by atoms with E-state index in [1.54, 1.807) is 31.2 Å². The summed E-state index contributed by atoms with van der Waals surface area (Å²) in [5.41, 5.74) is 2.06. The summed E-state index contributed by atoms with van der Waals surface area (Å²) in [5.74, 6) is -0.503. The van der Waals surface area contributed by atoms with Gasteiger partial charge in [0.25, 0.3) is 11.8 Å². The second-order valence-corrected chi connectivity index (χ2v) is 9.46. The molecule has 0 radical (unpaired) electrons. The topological polar surface area (TPSA) is 117 Å². The Morgan fingerprint density at radius 3 is 2.26 bits per heavy atom. The van der Waals surface area contributed by atoms with E-state index in [0.717, 1.165) is 11.8 Å². The third kappa shape index (κ3) is 7.01. The van der Waals surface area contributed by atoms with Gasteiger partial charge in [-0.05, 0) is 79.8 Å². The number of piperazine rings is 1. The van der Waals surface area contributed by atoms with Crippen LogP contribution in [0.3, 0.4) is 0 Å². The standard InChI is InChI=1S/C27H26ClN5O5S/c1-2-38-24-12-5-19(17-23(24)33(36)37)25(34)30-27(39)29-21-8-10-22(11-9-21)31-13-15-32(16-14-31)26(35)18-3-6-20(28)7-4-18/h3-12,17H,2,13-16H2,1H3,(H2,29,30,34,39). The lowest BCUT2D eigenvalue weighted by atomic mass is 10.1. The number of benzene rings is 3. The third-order valence-corrected chi connectivity index (χ3v) is 6.55. The van der Waals surface area contributed by atoms with E-state index >= 15 is 0 Å². The molecule has 10 nitrogen and oxygen atoms in total. The minimum absolute atomic E-state index is 0.0127. The fourth-order valence-electron chi connectivity index (χ4n) is 4.11. The summed E-state index contributed by atoms with van der Waals surface area (Å²) in [5, 5.41) is 17.5. The number of thiocarbonyl (C=S) groups is 1. The van der Waals surface area contributed by atoms with E-state index in [2.05, 4.69) is 15.5 Å². The highest BCUT2D eigenvalue weighted by atomic mass is 35.5. The van der Waals surface area contributed by atoms with Gasteiger partial charge in [0.2, 0.25) is 0 Å². The normalized spacial score (nSPS) is 13.0. The number of carbonyl (C=O) groups is 2. The van der Waals surface area contributed by atoms with Gasteiger partial charge in [-0.3, -0.25) is 25.0 Å². The Labute approximate surface area is 235 Å². The van der Waals surface area contributed by atoms with Crippen molar-refractivity contribution in [3.8, 4) is 5.75 Å². The van der Waals surface area contributed by atoms with E-state index in [-0.39, 0.29) is 34.6 Å². The lowest BCUT2D eigenvalue weighted by Crippen LogP contribution is -2.48. The lowest BCUT2D eigenvalue weighted by molar-refractivity contribution is -0.385. The van der Waals surface area contributed by atoms with Gasteiger partial charge in [-0.25, -0.2) is 0 Å². The Balaban J connectivity index is 1.29. The monoisotopic (exact) mass is 567 g/mol. The quantitative estimate of drug-likeness (QED) is 0.239. The van der Waals surface area contributed by atoms with Crippen molar-refractivity contribution < 1.29 is 19.2 Å². The number of nitrogens with zero attached hydrogens (tertiary/aromatic N) is 3. The first-order valence-electron chi connectivity index (χ1n) is 12.2. The summed E-state index contributed by atoms with van der Waals surface area (Å²) in [7, 11) is 0. The molecule has 4 rings (SSSR count). The van der Waals surface area contributed by atoms with E-state index in [9.17, 15) is 19.7 Å². The van der Waals surface area contributed by atoms with Gasteiger partial charge in [-0.1, -0.05) is 11.6 Å². The number of rotatable bonds is 7. The Kier molecular flexibility index (Phi) is 8.95. The van der Waals surface area contributed by atoms with Crippen LogP contribution < -0.4 is 20.3 Å². The van der Waals surface area contributed by atoms with Crippen molar-refractivity contribution in [1.29, 1.82) is 0 Å². The molecule has 1 fully saturated rings. The number of halogens is 1. The number of nitrogens with one attached hydrogen (secondary N) is 2. The number of hydrogen-bond acceptors (Lipinski definition) is 7. The van der Waals surface area contributed by atoms with Crippen LogP contribution in [-0.4, -0.2) is 59.5 Å². The minimum atomic E-state index is -0.600. The average molecular weight is 568 g/mol. The molecule has 1 aliphatic heterocycles. The summed E-state index contributed by atoms with van der Waals surface area (Å²) in [6.45, 7) is 4.55. The fourth-order valence-corrected chi connectivity index (χ4v) is 4.45. The zero-order valence-corrected chi connectivity index (χ0v) is 22.6. The van der Waals surface area contributed by atoms with Gasteiger partial charge in [0.15, 0.2) is 10.9 Å². The largest absolute Gasteiger partial charge is 0.487 e. The van der Waals surface area contributed by atoms with E-state index in [1.165, 1.54) is 12.1 Å². The molecule has 0 atom stereocenters. The van der Waals surface area contributed by atoms with Crippen molar-refractivity contribution in [3.05, 3.63) is 93.0 Å². The fraction of sp³-hybridized carbons (Fsp3) is 0.222. The van der Waals surface area contributed by atoms with Crippen LogP contribution in [0.2, 0.25) is 5.02 Å². The lowest BCUT2D eigenvalue weighted by Gasteiger charge is -2.36. The molecular formula is C27H26ClN5O5S. The van der Waals surface area contributed by atoms with Crippen LogP contribution >= 0.6 is 23.8 Å². The number of ether oxygens (including phenoxy) is 1. The molecule has 0 bridgehead atoms. The molecule has 0 unspecified atom stereocenters. The van der Waals surface area contributed by atoms with Crippen molar-refractivity contribution >= 4 is 57.8 Å². The summed E-state index contributed by atoms with van der Waals surface area (Å²) in [6, 6.07) is 18.4. The summed E-state index contributed by atoms with van der Waals surface area (Å²) >= 11 is 11.2.